The minimum atomic E-state index is -0.393. The summed E-state index contributed by atoms with van der Waals surface area (Å²) in [5, 5.41) is 10.8. The Hall–Kier alpha value is -1.23. The summed E-state index contributed by atoms with van der Waals surface area (Å²) in [4.78, 5) is 10.4. The van der Waals surface area contributed by atoms with Gasteiger partial charge < -0.3 is 4.74 Å². The summed E-state index contributed by atoms with van der Waals surface area (Å²) in [5.74, 6) is 1.42. The molecule has 0 N–H and O–H groups in total. The number of nitro benzene ring substituents is 1. The second-order valence-electron chi connectivity index (χ2n) is 5.36. The van der Waals surface area contributed by atoms with E-state index in [0.717, 1.165) is 24.2 Å². The van der Waals surface area contributed by atoms with Crippen molar-refractivity contribution in [2.24, 2.45) is 5.41 Å². The normalized spacial score (nSPS) is 17.4. The minimum Gasteiger partial charge on any atom is -0.492 e. The number of nitrogens with zero attached hydrogens (tertiary/aromatic N) is 1. The van der Waals surface area contributed by atoms with E-state index in [-0.39, 0.29) is 11.1 Å². The second-order valence-corrected chi connectivity index (χ2v) is 5.68. The maximum absolute atomic E-state index is 10.8. The molecular weight excluding hydrogens is 262 g/mol. The quantitative estimate of drug-likeness (QED) is 0.508. The smallest absolute Gasteiger partial charge is 0.273 e. The molecule has 0 amide bonds. The van der Waals surface area contributed by atoms with Crippen molar-refractivity contribution in [3.05, 3.63) is 33.9 Å². The Labute approximate surface area is 118 Å². The highest BCUT2D eigenvalue weighted by molar-refractivity contribution is 7.80. The number of hydrogen-bond donors (Lipinski definition) is 1. The number of hydrogen-bond acceptors (Lipinski definition) is 4. The SMILES string of the molecule is Cc1ccc([N+](=O)[O-])cc1OCC1(CS)CCCC1. The molecule has 104 valence electrons. The lowest BCUT2D eigenvalue weighted by Gasteiger charge is -2.27. The zero-order valence-corrected chi connectivity index (χ0v) is 12.0. The van der Waals surface area contributed by atoms with Gasteiger partial charge in [-0.05, 0) is 37.1 Å². The van der Waals surface area contributed by atoms with E-state index in [1.165, 1.54) is 25.0 Å². The highest BCUT2D eigenvalue weighted by Crippen LogP contribution is 2.39. The predicted octanol–water partition coefficient (Wildman–Crippen LogP) is 3.77. The van der Waals surface area contributed by atoms with Crippen molar-refractivity contribution in [2.45, 2.75) is 32.6 Å². The average Bonchev–Trinajstić information content (AvgIpc) is 2.87. The fourth-order valence-electron chi connectivity index (χ4n) is 2.56. The molecule has 0 spiro atoms. The summed E-state index contributed by atoms with van der Waals surface area (Å²) in [5.41, 5.74) is 1.14. The maximum atomic E-state index is 10.8. The zero-order valence-electron chi connectivity index (χ0n) is 11.1. The van der Waals surface area contributed by atoms with Crippen molar-refractivity contribution >= 4 is 18.3 Å². The fraction of sp³-hybridized carbons (Fsp3) is 0.571. The molecule has 0 bridgehead atoms. The molecular formula is C14H19NO3S. The summed E-state index contributed by atoms with van der Waals surface area (Å²) in [6.07, 6.45) is 4.70. The van der Waals surface area contributed by atoms with Crippen LogP contribution in [0.25, 0.3) is 0 Å². The molecule has 0 aliphatic heterocycles. The molecule has 5 heteroatoms. The lowest BCUT2D eigenvalue weighted by molar-refractivity contribution is -0.385. The van der Waals surface area contributed by atoms with Crippen LogP contribution in [0.15, 0.2) is 18.2 Å². The third-order valence-corrected chi connectivity index (χ3v) is 4.59. The Morgan fingerprint density at radius 2 is 2.11 bits per heavy atom. The third-order valence-electron chi connectivity index (χ3n) is 3.92. The van der Waals surface area contributed by atoms with E-state index in [2.05, 4.69) is 12.6 Å². The molecule has 0 unspecified atom stereocenters. The first kappa shape index (κ1) is 14.2. The van der Waals surface area contributed by atoms with Gasteiger partial charge in [0.2, 0.25) is 0 Å². The van der Waals surface area contributed by atoms with Crippen LogP contribution in [-0.4, -0.2) is 17.3 Å². The Balaban J connectivity index is 2.10. The molecule has 2 rings (SSSR count). The van der Waals surface area contributed by atoms with Crippen LogP contribution in [0.2, 0.25) is 0 Å². The van der Waals surface area contributed by atoms with E-state index in [0.29, 0.717) is 12.4 Å². The van der Waals surface area contributed by atoms with Gasteiger partial charge >= 0.3 is 0 Å². The standard InChI is InChI=1S/C14H19NO3S/c1-11-4-5-12(15(16)17)8-13(11)18-9-14(10-19)6-2-3-7-14/h4-5,8,19H,2-3,6-7,9-10H2,1H3. The molecule has 19 heavy (non-hydrogen) atoms. The topological polar surface area (TPSA) is 52.4 Å². The van der Waals surface area contributed by atoms with Gasteiger partial charge in [-0.25, -0.2) is 0 Å². The zero-order chi connectivity index (χ0) is 13.9. The summed E-state index contributed by atoms with van der Waals surface area (Å²) in [6, 6.07) is 4.75. The summed E-state index contributed by atoms with van der Waals surface area (Å²) in [6.45, 7) is 2.50. The summed E-state index contributed by atoms with van der Waals surface area (Å²) < 4.78 is 5.85. The van der Waals surface area contributed by atoms with Crippen molar-refractivity contribution in [1.29, 1.82) is 0 Å². The first-order valence-electron chi connectivity index (χ1n) is 6.55. The first-order valence-corrected chi connectivity index (χ1v) is 7.18. The van der Waals surface area contributed by atoms with Gasteiger partial charge in [-0.1, -0.05) is 12.8 Å². The lowest BCUT2D eigenvalue weighted by Crippen LogP contribution is -2.27. The van der Waals surface area contributed by atoms with Crippen LogP contribution in [0.3, 0.4) is 0 Å². The first-order chi connectivity index (χ1) is 9.06. The second kappa shape index (κ2) is 5.82. The number of benzene rings is 1. The van der Waals surface area contributed by atoms with E-state index >= 15 is 0 Å². The number of rotatable bonds is 5. The lowest BCUT2D eigenvalue weighted by atomic mass is 9.90. The summed E-state index contributed by atoms with van der Waals surface area (Å²) in [7, 11) is 0. The van der Waals surface area contributed by atoms with Gasteiger partial charge in [0.1, 0.15) is 5.75 Å². The van der Waals surface area contributed by atoms with Crippen molar-refractivity contribution in [1.82, 2.24) is 0 Å². The summed E-state index contributed by atoms with van der Waals surface area (Å²) >= 11 is 4.44. The van der Waals surface area contributed by atoms with Gasteiger partial charge in [-0.15, -0.1) is 0 Å². The highest BCUT2D eigenvalue weighted by atomic mass is 32.1. The van der Waals surface area contributed by atoms with Gasteiger partial charge in [0.05, 0.1) is 17.6 Å². The predicted molar refractivity (Wildman–Crippen MR) is 78.1 cm³/mol. The van der Waals surface area contributed by atoms with Crippen molar-refractivity contribution in [3.63, 3.8) is 0 Å². The molecule has 1 aromatic carbocycles. The van der Waals surface area contributed by atoms with Gasteiger partial charge in [0, 0.05) is 11.5 Å². The Bertz CT molecular complexity index is 470. The molecule has 0 saturated heterocycles. The van der Waals surface area contributed by atoms with E-state index in [1.807, 2.05) is 6.92 Å². The molecule has 1 fully saturated rings. The monoisotopic (exact) mass is 281 g/mol. The molecule has 1 aromatic rings. The van der Waals surface area contributed by atoms with E-state index < -0.39 is 4.92 Å². The van der Waals surface area contributed by atoms with Crippen LogP contribution in [-0.2, 0) is 0 Å². The highest BCUT2D eigenvalue weighted by Gasteiger charge is 2.33. The Morgan fingerprint density at radius 1 is 1.42 bits per heavy atom. The van der Waals surface area contributed by atoms with Crippen molar-refractivity contribution in [2.75, 3.05) is 12.4 Å². The maximum Gasteiger partial charge on any atom is 0.273 e. The molecule has 1 aliphatic carbocycles. The van der Waals surface area contributed by atoms with Crippen LogP contribution in [0, 0.1) is 22.5 Å². The number of thiol groups is 1. The molecule has 1 aliphatic rings. The number of aryl methyl sites for hydroxylation is 1. The van der Waals surface area contributed by atoms with Gasteiger partial charge in [0.25, 0.3) is 5.69 Å². The van der Waals surface area contributed by atoms with E-state index in [4.69, 9.17) is 4.74 Å². The van der Waals surface area contributed by atoms with E-state index in [1.54, 1.807) is 6.07 Å². The largest absolute Gasteiger partial charge is 0.492 e. The van der Waals surface area contributed by atoms with Crippen LogP contribution >= 0.6 is 12.6 Å². The number of nitro groups is 1. The van der Waals surface area contributed by atoms with Gasteiger partial charge in [-0.2, -0.15) is 12.6 Å². The number of non-ortho nitro benzene ring substituents is 1. The Morgan fingerprint density at radius 3 is 2.68 bits per heavy atom. The van der Waals surface area contributed by atoms with Gasteiger partial charge in [-0.3, -0.25) is 10.1 Å². The van der Waals surface area contributed by atoms with Crippen LogP contribution in [0.4, 0.5) is 5.69 Å². The van der Waals surface area contributed by atoms with Crippen molar-refractivity contribution < 1.29 is 9.66 Å². The molecule has 1 saturated carbocycles. The molecule has 0 aromatic heterocycles. The molecule has 0 radical (unpaired) electrons. The molecule has 4 nitrogen and oxygen atoms in total. The molecule has 0 atom stereocenters. The molecule has 0 heterocycles. The average molecular weight is 281 g/mol. The Kier molecular flexibility index (Phi) is 4.34. The van der Waals surface area contributed by atoms with Crippen molar-refractivity contribution in [3.8, 4) is 5.75 Å². The van der Waals surface area contributed by atoms with Crippen LogP contribution in [0.1, 0.15) is 31.2 Å². The van der Waals surface area contributed by atoms with Crippen LogP contribution in [0.5, 0.6) is 5.75 Å². The van der Waals surface area contributed by atoms with Crippen LogP contribution < -0.4 is 4.74 Å². The third kappa shape index (κ3) is 3.21. The van der Waals surface area contributed by atoms with Gasteiger partial charge in [0.15, 0.2) is 0 Å². The minimum absolute atomic E-state index is 0.0759. The fourth-order valence-corrected chi connectivity index (χ4v) is 2.97. The van der Waals surface area contributed by atoms with E-state index in [9.17, 15) is 10.1 Å². The number of ether oxygens (including phenoxy) is 1.